The van der Waals surface area contributed by atoms with E-state index >= 15 is 0 Å². The van der Waals surface area contributed by atoms with Crippen LogP contribution in [0.5, 0.6) is 0 Å². The van der Waals surface area contributed by atoms with Gasteiger partial charge in [0.2, 0.25) is 11.8 Å². The third-order valence-corrected chi connectivity index (χ3v) is 7.56. The molecular weight excluding hydrogens is 550 g/mol. The third-order valence-electron chi connectivity index (χ3n) is 7.56. The number of benzene rings is 1. The van der Waals surface area contributed by atoms with Crippen molar-refractivity contribution in [3.05, 3.63) is 61.2 Å². The number of nitrogens with one attached hydrogen (secondary N) is 3. The number of carbonyl (C=O) groups excluding carboxylic acids is 4. The van der Waals surface area contributed by atoms with Crippen molar-refractivity contribution in [3.8, 4) is 0 Å². The van der Waals surface area contributed by atoms with Crippen LogP contribution in [0.1, 0.15) is 82.6 Å². The maximum Gasteiger partial charge on any atom is 0.407 e. The minimum absolute atomic E-state index is 0.00579. The lowest BCUT2D eigenvalue weighted by Gasteiger charge is -2.29. The van der Waals surface area contributed by atoms with Crippen molar-refractivity contribution in [3.63, 3.8) is 0 Å². The van der Waals surface area contributed by atoms with E-state index in [1.807, 2.05) is 30.3 Å². The van der Waals surface area contributed by atoms with E-state index < -0.39 is 23.6 Å². The molecule has 0 bridgehead atoms. The van der Waals surface area contributed by atoms with Gasteiger partial charge in [-0.15, -0.1) is 13.2 Å². The fourth-order valence-electron chi connectivity index (χ4n) is 5.08. The number of aliphatic hydroxyl groups excluding tert-OH is 1. The quantitative estimate of drug-likeness (QED) is 0.0928. The summed E-state index contributed by atoms with van der Waals surface area (Å²) >= 11 is 0. The van der Waals surface area contributed by atoms with Gasteiger partial charge in [0.15, 0.2) is 0 Å². The van der Waals surface area contributed by atoms with Crippen LogP contribution in [0.3, 0.4) is 0 Å². The van der Waals surface area contributed by atoms with Gasteiger partial charge in [-0.05, 0) is 56.9 Å². The van der Waals surface area contributed by atoms with E-state index in [9.17, 15) is 24.3 Å². The summed E-state index contributed by atoms with van der Waals surface area (Å²) in [7, 11) is 0. The second-order valence-electron chi connectivity index (χ2n) is 11.2. The number of unbranched alkanes of at least 4 members (excludes halogenated alkanes) is 2. The molecule has 0 heterocycles. The van der Waals surface area contributed by atoms with E-state index in [0.29, 0.717) is 57.9 Å². The highest BCUT2D eigenvalue weighted by atomic mass is 16.5. The van der Waals surface area contributed by atoms with Gasteiger partial charge in [0.25, 0.3) is 0 Å². The summed E-state index contributed by atoms with van der Waals surface area (Å²) in [6.45, 7) is 7.85. The molecule has 2 atom stereocenters. The number of amides is 3. The third kappa shape index (κ3) is 14.4. The highest BCUT2D eigenvalue weighted by Gasteiger charge is 2.35. The predicted molar refractivity (Wildman–Crippen MR) is 165 cm³/mol. The molecule has 1 fully saturated rings. The number of hydrogen-bond acceptors (Lipinski definition) is 7. The molecule has 0 spiro atoms. The molecule has 1 aliphatic rings. The molecule has 1 aromatic rings. The summed E-state index contributed by atoms with van der Waals surface area (Å²) in [5, 5.41) is 18.5. The first kappa shape index (κ1) is 35.5. The van der Waals surface area contributed by atoms with Crippen molar-refractivity contribution >= 4 is 23.9 Å². The molecule has 0 radical (unpaired) electrons. The Labute approximate surface area is 255 Å². The number of esters is 1. The summed E-state index contributed by atoms with van der Waals surface area (Å²) < 4.78 is 10.7. The molecule has 0 aromatic heterocycles. The van der Waals surface area contributed by atoms with Crippen LogP contribution in [-0.4, -0.2) is 60.3 Å². The van der Waals surface area contributed by atoms with Gasteiger partial charge in [-0.2, -0.15) is 0 Å². The van der Waals surface area contributed by atoms with Gasteiger partial charge in [0.1, 0.15) is 13.2 Å². The summed E-state index contributed by atoms with van der Waals surface area (Å²) in [4.78, 5) is 50.3. The highest BCUT2D eigenvalue weighted by Crippen LogP contribution is 2.29. The molecule has 10 nitrogen and oxygen atoms in total. The fourth-order valence-corrected chi connectivity index (χ4v) is 5.08. The average molecular weight is 600 g/mol. The number of ether oxygens (including phenoxy) is 2. The maximum absolute atomic E-state index is 13.3. The van der Waals surface area contributed by atoms with Crippen LogP contribution in [0.4, 0.5) is 4.79 Å². The maximum atomic E-state index is 13.3. The number of rotatable bonds is 21. The second kappa shape index (κ2) is 20.3. The number of carbonyl (C=O) groups is 4. The van der Waals surface area contributed by atoms with E-state index in [1.54, 1.807) is 12.2 Å². The van der Waals surface area contributed by atoms with Gasteiger partial charge < -0.3 is 30.5 Å². The Balaban J connectivity index is 1.87. The van der Waals surface area contributed by atoms with Crippen LogP contribution in [0, 0.1) is 5.92 Å². The molecule has 43 heavy (non-hydrogen) atoms. The topological polar surface area (TPSA) is 143 Å². The molecule has 238 valence electrons. The first-order chi connectivity index (χ1) is 20.8. The Bertz CT molecular complexity index is 1020. The molecule has 0 aliphatic heterocycles. The Hall–Kier alpha value is -3.66. The van der Waals surface area contributed by atoms with Crippen LogP contribution in [0.2, 0.25) is 0 Å². The van der Waals surface area contributed by atoms with Gasteiger partial charge in [-0.1, -0.05) is 55.3 Å². The predicted octanol–water partition coefficient (Wildman–Crippen LogP) is 4.47. The number of alkyl carbamates (subject to hydrolysis) is 1. The van der Waals surface area contributed by atoms with E-state index in [1.165, 1.54) is 0 Å². The molecular formula is C33H49N3O7. The van der Waals surface area contributed by atoms with E-state index in [-0.39, 0.29) is 50.4 Å². The molecule has 3 amide bonds. The molecule has 0 saturated heterocycles. The van der Waals surface area contributed by atoms with E-state index in [0.717, 1.165) is 18.4 Å². The van der Waals surface area contributed by atoms with Gasteiger partial charge in [-0.3, -0.25) is 14.4 Å². The smallest absolute Gasteiger partial charge is 0.407 e. The summed E-state index contributed by atoms with van der Waals surface area (Å²) in [6, 6.07) is 8.94. The SMILES string of the molecule is C=CCCCC(=O)OC[C@H](CCCCNC(=O)OCc1ccccc1)NC(=O)[C@@H](CC=C)CC(=O)NC1(CO)CCCC1. The van der Waals surface area contributed by atoms with Crippen LogP contribution in [0.25, 0.3) is 0 Å². The Kier molecular flexibility index (Phi) is 16.8. The fraction of sp³-hybridized carbons (Fsp3) is 0.576. The molecule has 0 unspecified atom stereocenters. The molecule has 4 N–H and O–H groups in total. The van der Waals surface area contributed by atoms with Gasteiger partial charge in [0, 0.05) is 19.4 Å². The van der Waals surface area contributed by atoms with Crippen molar-refractivity contribution in [2.45, 2.75) is 95.2 Å². The van der Waals surface area contributed by atoms with Crippen molar-refractivity contribution in [1.82, 2.24) is 16.0 Å². The lowest BCUT2D eigenvalue weighted by Crippen LogP contribution is -2.50. The van der Waals surface area contributed by atoms with Crippen molar-refractivity contribution < 1.29 is 33.8 Å². The molecule has 1 saturated carbocycles. The number of aliphatic hydroxyl groups is 1. The van der Waals surface area contributed by atoms with Crippen LogP contribution in [0.15, 0.2) is 55.6 Å². The van der Waals surface area contributed by atoms with Crippen LogP contribution >= 0.6 is 0 Å². The normalized spacial score (nSPS) is 15.0. The first-order valence-electron chi connectivity index (χ1n) is 15.3. The number of allylic oxidation sites excluding steroid dienone is 2. The molecule has 2 rings (SSSR count). The lowest BCUT2D eigenvalue weighted by molar-refractivity contribution is -0.145. The zero-order valence-corrected chi connectivity index (χ0v) is 25.3. The zero-order valence-electron chi connectivity index (χ0n) is 25.3. The Morgan fingerprint density at radius 1 is 1.00 bits per heavy atom. The summed E-state index contributed by atoms with van der Waals surface area (Å²) in [5.74, 6) is -1.61. The Morgan fingerprint density at radius 2 is 1.74 bits per heavy atom. The van der Waals surface area contributed by atoms with Gasteiger partial charge in [0.05, 0.1) is 24.1 Å². The number of hydrogen-bond donors (Lipinski definition) is 4. The summed E-state index contributed by atoms with van der Waals surface area (Å²) in [5.41, 5.74) is 0.283. The lowest BCUT2D eigenvalue weighted by atomic mass is 9.95. The van der Waals surface area contributed by atoms with E-state index in [4.69, 9.17) is 9.47 Å². The largest absolute Gasteiger partial charge is 0.463 e. The van der Waals surface area contributed by atoms with Crippen molar-refractivity contribution in [2.75, 3.05) is 19.8 Å². The Morgan fingerprint density at radius 3 is 2.42 bits per heavy atom. The zero-order chi connectivity index (χ0) is 31.3. The molecule has 10 heteroatoms. The van der Waals surface area contributed by atoms with Crippen LogP contribution in [-0.2, 0) is 30.5 Å². The molecule has 1 aliphatic carbocycles. The average Bonchev–Trinajstić information content (AvgIpc) is 3.47. The monoisotopic (exact) mass is 599 g/mol. The van der Waals surface area contributed by atoms with Gasteiger partial charge in [-0.25, -0.2) is 4.79 Å². The first-order valence-corrected chi connectivity index (χ1v) is 15.3. The standard InChI is InChI=1S/C33H49N3O7/c1-3-5-7-18-30(39)42-24-28(17-10-13-21-34-32(41)43-23-26-15-8-6-9-16-26)35-31(40)27(14-4-2)22-29(38)36-33(25-37)19-11-12-20-33/h3-4,6,8-9,15-16,27-28,37H,1-2,5,7,10-14,17-25H2,(H,34,41)(H,35,40)(H,36,38)/t27-,28-/m0/s1. The van der Waals surface area contributed by atoms with E-state index in [2.05, 4.69) is 29.1 Å². The van der Waals surface area contributed by atoms with Crippen molar-refractivity contribution in [1.29, 1.82) is 0 Å². The second-order valence-corrected chi connectivity index (χ2v) is 11.2. The molecule has 1 aromatic carbocycles. The van der Waals surface area contributed by atoms with Gasteiger partial charge >= 0.3 is 12.1 Å². The summed E-state index contributed by atoms with van der Waals surface area (Å²) in [6.07, 6.45) is 9.79. The minimum atomic E-state index is -0.651. The highest BCUT2D eigenvalue weighted by molar-refractivity contribution is 5.86. The minimum Gasteiger partial charge on any atom is -0.463 e. The van der Waals surface area contributed by atoms with Crippen LogP contribution < -0.4 is 16.0 Å². The van der Waals surface area contributed by atoms with Crippen molar-refractivity contribution in [2.24, 2.45) is 5.92 Å².